The fraction of sp³-hybridized carbons (Fsp3) is 0.385. The molecule has 0 bridgehead atoms. The fourth-order valence-corrected chi connectivity index (χ4v) is 2.79. The van der Waals surface area contributed by atoms with Crippen LogP contribution >= 0.6 is 11.3 Å². The van der Waals surface area contributed by atoms with E-state index in [9.17, 15) is 0 Å². The van der Waals surface area contributed by atoms with Crippen molar-refractivity contribution in [2.75, 3.05) is 6.54 Å². The monoisotopic (exact) mass is 288 g/mol. The predicted molar refractivity (Wildman–Crippen MR) is 78.6 cm³/mol. The molecule has 0 aromatic carbocycles. The summed E-state index contributed by atoms with van der Waals surface area (Å²) in [6.45, 7) is 5.25. The second kappa shape index (κ2) is 5.64. The van der Waals surface area contributed by atoms with Gasteiger partial charge in [0.1, 0.15) is 5.01 Å². The van der Waals surface area contributed by atoms with E-state index in [0.29, 0.717) is 0 Å². The van der Waals surface area contributed by atoms with Gasteiger partial charge in [0, 0.05) is 18.0 Å². The quantitative estimate of drug-likeness (QED) is 0.780. The fourth-order valence-electron chi connectivity index (χ4n) is 1.93. The van der Waals surface area contributed by atoms with Gasteiger partial charge in [0.2, 0.25) is 4.96 Å². The molecule has 1 N–H and O–H groups in total. The first-order chi connectivity index (χ1) is 9.79. The molecular formula is C13H16N6S. The minimum Gasteiger partial charge on any atom is -0.308 e. The van der Waals surface area contributed by atoms with Gasteiger partial charge in [-0.3, -0.25) is 4.98 Å². The van der Waals surface area contributed by atoms with Crippen molar-refractivity contribution in [2.45, 2.75) is 26.3 Å². The van der Waals surface area contributed by atoms with Crippen molar-refractivity contribution in [3.8, 4) is 11.4 Å². The highest BCUT2D eigenvalue weighted by molar-refractivity contribution is 7.16. The van der Waals surface area contributed by atoms with Crippen LogP contribution in [0.15, 0.2) is 24.5 Å². The Hall–Kier alpha value is -1.86. The molecule has 1 unspecified atom stereocenters. The summed E-state index contributed by atoms with van der Waals surface area (Å²) >= 11 is 1.57. The van der Waals surface area contributed by atoms with Crippen molar-refractivity contribution in [1.29, 1.82) is 0 Å². The molecule has 0 amide bonds. The van der Waals surface area contributed by atoms with Crippen molar-refractivity contribution in [2.24, 2.45) is 0 Å². The molecule has 6 nitrogen and oxygen atoms in total. The second-order valence-corrected chi connectivity index (χ2v) is 5.56. The van der Waals surface area contributed by atoms with Gasteiger partial charge in [0.15, 0.2) is 5.82 Å². The Kier molecular flexibility index (Phi) is 3.70. The number of hydrogen-bond acceptors (Lipinski definition) is 6. The van der Waals surface area contributed by atoms with Crippen LogP contribution in [0.2, 0.25) is 0 Å². The smallest absolute Gasteiger partial charge is 0.235 e. The Morgan fingerprint density at radius 2 is 2.30 bits per heavy atom. The Balaban J connectivity index is 1.95. The highest BCUT2D eigenvalue weighted by atomic mass is 32.1. The van der Waals surface area contributed by atoms with E-state index >= 15 is 0 Å². The zero-order chi connectivity index (χ0) is 13.9. The molecule has 3 heterocycles. The lowest BCUT2D eigenvalue weighted by Gasteiger charge is -2.08. The van der Waals surface area contributed by atoms with E-state index in [4.69, 9.17) is 0 Å². The van der Waals surface area contributed by atoms with Gasteiger partial charge >= 0.3 is 0 Å². The van der Waals surface area contributed by atoms with E-state index in [-0.39, 0.29) is 6.04 Å². The minimum absolute atomic E-state index is 0.225. The molecule has 3 rings (SSSR count). The summed E-state index contributed by atoms with van der Waals surface area (Å²) in [6, 6.07) is 4.07. The largest absolute Gasteiger partial charge is 0.308 e. The van der Waals surface area contributed by atoms with Gasteiger partial charge in [0.25, 0.3) is 0 Å². The lowest BCUT2D eigenvalue weighted by Crippen LogP contribution is -2.19. The number of rotatable bonds is 5. The van der Waals surface area contributed by atoms with Crippen LogP contribution in [0.25, 0.3) is 16.3 Å². The standard InChI is InChI=1S/C13H16N6S/c1-3-6-15-9(2)12-18-19-11(16-17-13(19)20-12)10-5-4-7-14-8-10/h4-5,7-9,15H,3,6H2,1-2H3. The third-order valence-corrected chi connectivity index (χ3v) is 4.08. The molecule has 0 spiro atoms. The summed E-state index contributed by atoms with van der Waals surface area (Å²) in [5.74, 6) is 0.735. The first-order valence-electron chi connectivity index (χ1n) is 6.65. The first kappa shape index (κ1) is 13.1. The van der Waals surface area contributed by atoms with Crippen molar-refractivity contribution in [3.05, 3.63) is 29.5 Å². The van der Waals surface area contributed by atoms with E-state index in [1.54, 1.807) is 28.2 Å². The summed E-state index contributed by atoms with van der Waals surface area (Å²) in [5.41, 5.74) is 0.922. The summed E-state index contributed by atoms with van der Waals surface area (Å²) in [4.78, 5) is 4.92. The average Bonchev–Trinajstić information content (AvgIpc) is 3.05. The summed E-state index contributed by atoms with van der Waals surface area (Å²) in [5, 5.41) is 17.5. The molecule has 3 aromatic heterocycles. The summed E-state index contributed by atoms with van der Waals surface area (Å²) in [6.07, 6.45) is 4.62. The van der Waals surface area contributed by atoms with E-state index in [0.717, 1.165) is 34.3 Å². The molecule has 104 valence electrons. The molecule has 0 saturated heterocycles. The highest BCUT2D eigenvalue weighted by Crippen LogP contribution is 2.24. The van der Waals surface area contributed by atoms with Crippen molar-refractivity contribution < 1.29 is 0 Å². The van der Waals surface area contributed by atoms with Gasteiger partial charge in [0.05, 0.1) is 6.04 Å². The van der Waals surface area contributed by atoms with Gasteiger partial charge in [-0.25, -0.2) is 0 Å². The van der Waals surface area contributed by atoms with E-state index in [1.807, 2.05) is 12.1 Å². The first-order valence-corrected chi connectivity index (χ1v) is 7.47. The zero-order valence-corrected chi connectivity index (χ0v) is 12.3. The molecule has 3 aromatic rings. The highest BCUT2D eigenvalue weighted by Gasteiger charge is 2.16. The Morgan fingerprint density at radius 1 is 1.40 bits per heavy atom. The van der Waals surface area contributed by atoms with Crippen LogP contribution in [0.3, 0.4) is 0 Å². The molecule has 0 saturated carbocycles. The third kappa shape index (κ3) is 2.41. The van der Waals surface area contributed by atoms with Gasteiger partial charge in [-0.15, -0.1) is 10.2 Å². The van der Waals surface area contributed by atoms with Crippen molar-refractivity contribution >= 4 is 16.3 Å². The number of pyridine rings is 1. The van der Waals surface area contributed by atoms with Crippen LogP contribution in [0.1, 0.15) is 31.3 Å². The number of fused-ring (bicyclic) bond motifs is 1. The van der Waals surface area contributed by atoms with Gasteiger partial charge < -0.3 is 5.32 Å². The normalized spacial score (nSPS) is 12.9. The number of nitrogens with one attached hydrogen (secondary N) is 1. The minimum atomic E-state index is 0.225. The molecule has 20 heavy (non-hydrogen) atoms. The van der Waals surface area contributed by atoms with E-state index < -0.39 is 0 Å². The van der Waals surface area contributed by atoms with Crippen molar-refractivity contribution in [3.63, 3.8) is 0 Å². The Labute approximate surface area is 120 Å². The number of aromatic nitrogens is 5. The van der Waals surface area contributed by atoms with Crippen LogP contribution in [0, 0.1) is 0 Å². The molecular weight excluding hydrogens is 272 g/mol. The molecule has 0 aliphatic heterocycles. The molecule has 0 radical (unpaired) electrons. The van der Waals surface area contributed by atoms with Crippen LogP contribution in [-0.4, -0.2) is 31.3 Å². The Bertz CT molecular complexity index is 689. The van der Waals surface area contributed by atoms with Gasteiger partial charge in [-0.05, 0) is 32.0 Å². The molecule has 0 aliphatic carbocycles. The molecule has 0 fully saturated rings. The third-order valence-electron chi connectivity index (χ3n) is 3.00. The predicted octanol–water partition coefficient (Wildman–Crippen LogP) is 2.31. The maximum Gasteiger partial charge on any atom is 0.235 e. The van der Waals surface area contributed by atoms with Crippen LogP contribution in [0.4, 0.5) is 0 Å². The van der Waals surface area contributed by atoms with Crippen molar-refractivity contribution in [1.82, 2.24) is 30.1 Å². The van der Waals surface area contributed by atoms with Crippen LogP contribution in [0.5, 0.6) is 0 Å². The lowest BCUT2D eigenvalue weighted by atomic mass is 10.3. The second-order valence-electron chi connectivity index (χ2n) is 4.58. The summed E-state index contributed by atoms with van der Waals surface area (Å²) in [7, 11) is 0. The Morgan fingerprint density at radius 3 is 3.05 bits per heavy atom. The molecule has 0 aliphatic rings. The average molecular weight is 288 g/mol. The maximum atomic E-state index is 4.62. The number of nitrogens with zero attached hydrogens (tertiary/aromatic N) is 5. The SMILES string of the molecule is CCCNC(C)c1nn2c(-c3cccnc3)nnc2s1. The molecule has 7 heteroatoms. The van der Waals surface area contributed by atoms with Crippen LogP contribution < -0.4 is 5.32 Å². The lowest BCUT2D eigenvalue weighted by molar-refractivity contribution is 0.562. The summed E-state index contributed by atoms with van der Waals surface area (Å²) < 4.78 is 1.79. The topological polar surface area (TPSA) is 68.0 Å². The van der Waals surface area contributed by atoms with E-state index in [1.165, 1.54) is 0 Å². The van der Waals surface area contributed by atoms with E-state index in [2.05, 4.69) is 39.4 Å². The zero-order valence-electron chi connectivity index (χ0n) is 11.4. The maximum absolute atomic E-state index is 4.62. The number of hydrogen-bond donors (Lipinski definition) is 1. The molecule has 1 atom stereocenters. The van der Waals surface area contributed by atoms with Gasteiger partial charge in [-0.2, -0.15) is 9.61 Å². The van der Waals surface area contributed by atoms with Crippen LogP contribution in [-0.2, 0) is 0 Å². The van der Waals surface area contributed by atoms with Gasteiger partial charge in [-0.1, -0.05) is 18.3 Å².